The minimum Gasteiger partial charge on any atom is -0.273 e. The number of nitrogens with zero attached hydrogens (tertiary/aromatic N) is 2. The van der Waals surface area contributed by atoms with Crippen molar-refractivity contribution < 1.29 is 13.0 Å². The molecule has 0 amide bonds. The van der Waals surface area contributed by atoms with Crippen LogP contribution in [0.5, 0.6) is 0 Å². The van der Waals surface area contributed by atoms with Crippen LogP contribution in [0.3, 0.4) is 0 Å². The molecule has 0 saturated carbocycles. The second-order valence-electron chi connectivity index (χ2n) is 2.41. The van der Waals surface area contributed by atoms with E-state index in [1.165, 1.54) is 5.01 Å². The molecule has 0 aromatic heterocycles. The molecule has 0 radical (unpaired) electrons. The van der Waals surface area contributed by atoms with Gasteiger partial charge in [0.1, 0.15) is 0 Å². The molecule has 6 nitrogen and oxygen atoms in total. The molecule has 0 unspecified atom stereocenters. The molecule has 0 aromatic carbocycles. The first kappa shape index (κ1) is 8.88. The quantitative estimate of drug-likeness (QED) is 0.371. The Morgan fingerprint density at radius 2 is 1.64 bits per heavy atom. The summed E-state index contributed by atoms with van der Waals surface area (Å²) in [5, 5.41) is 1.52. The summed E-state index contributed by atoms with van der Waals surface area (Å²) in [5.41, 5.74) is 0. The molecule has 0 aromatic rings. The van der Waals surface area contributed by atoms with Gasteiger partial charge in [0.05, 0.1) is 0 Å². The van der Waals surface area contributed by atoms with Gasteiger partial charge in [-0.05, 0) is 0 Å². The zero-order valence-electron chi connectivity index (χ0n) is 5.97. The normalized spacial score (nSPS) is 23.8. The number of hydrogen-bond acceptors (Lipinski definition) is 4. The molecule has 3 N–H and O–H groups in total. The summed E-state index contributed by atoms with van der Waals surface area (Å²) in [7, 11) is -4.00. The molecule has 11 heavy (non-hydrogen) atoms. The van der Waals surface area contributed by atoms with Crippen LogP contribution in [0.15, 0.2) is 0 Å². The van der Waals surface area contributed by atoms with Gasteiger partial charge in [0.2, 0.25) is 0 Å². The van der Waals surface area contributed by atoms with Gasteiger partial charge in [0.25, 0.3) is 0 Å². The van der Waals surface area contributed by atoms with E-state index in [9.17, 15) is 8.42 Å². The van der Waals surface area contributed by atoms with E-state index in [1.807, 2.05) is 0 Å². The maximum absolute atomic E-state index is 10.5. The van der Waals surface area contributed by atoms with Crippen LogP contribution in [0.2, 0.25) is 0 Å². The Balaban J connectivity index is 2.53. The van der Waals surface area contributed by atoms with Crippen molar-refractivity contribution in [3.8, 4) is 0 Å². The van der Waals surface area contributed by atoms with E-state index in [2.05, 4.69) is 0 Å². The third-order valence-corrected chi connectivity index (χ3v) is 2.62. The van der Waals surface area contributed by atoms with E-state index in [1.54, 1.807) is 0 Å². The molecule has 7 heteroatoms. The number of nitrogens with two attached hydrogens (primary N) is 1. The van der Waals surface area contributed by atoms with Crippen LogP contribution in [0.4, 0.5) is 0 Å². The molecule has 0 atom stereocenters. The van der Waals surface area contributed by atoms with Gasteiger partial charge in [-0.1, -0.05) is 0 Å². The lowest BCUT2D eigenvalue weighted by Crippen LogP contribution is -2.50. The molecule has 1 rings (SSSR count). The first-order chi connectivity index (χ1) is 5.00. The lowest BCUT2D eigenvalue weighted by atomic mass is 10.4. The smallest absolute Gasteiger partial charge is 0.273 e. The molecule has 66 valence electrons. The topological polar surface area (TPSA) is 86.9 Å². The minimum atomic E-state index is -4.00. The molecule has 1 heterocycles. The van der Waals surface area contributed by atoms with Gasteiger partial charge in [-0.2, -0.15) is 12.7 Å². The standard InChI is InChI=1S/C4H11N3O3S/c5-6-1-3-7(4-2-6)11(8,9)10/h1-5H2,(H,8,9,10). The fourth-order valence-electron chi connectivity index (χ4n) is 0.934. The van der Waals surface area contributed by atoms with Gasteiger partial charge >= 0.3 is 10.3 Å². The van der Waals surface area contributed by atoms with E-state index < -0.39 is 10.3 Å². The van der Waals surface area contributed by atoms with Crippen molar-refractivity contribution >= 4 is 10.3 Å². The Kier molecular flexibility index (Phi) is 2.45. The van der Waals surface area contributed by atoms with Crippen LogP contribution < -0.4 is 5.84 Å². The fourth-order valence-corrected chi connectivity index (χ4v) is 1.56. The first-order valence-corrected chi connectivity index (χ1v) is 4.62. The van der Waals surface area contributed by atoms with Crippen molar-refractivity contribution in [3.63, 3.8) is 0 Å². The maximum atomic E-state index is 10.5. The van der Waals surface area contributed by atoms with E-state index in [0.717, 1.165) is 4.31 Å². The monoisotopic (exact) mass is 181 g/mol. The van der Waals surface area contributed by atoms with E-state index >= 15 is 0 Å². The largest absolute Gasteiger partial charge is 0.335 e. The Bertz CT molecular complexity index is 219. The van der Waals surface area contributed by atoms with Crippen molar-refractivity contribution in [2.24, 2.45) is 5.84 Å². The first-order valence-electron chi connectivity index (χ1n) is 3.22. The zero-order valence-corrected chi connectivity index (χ0v) is 6.79. The lowest BCUT2D eigenvalue weighted by molar-refractivity contribution is 0.183. The van der Waals surface area contributed by atoms with Gasteiger partial charge < -0.3 is 0 Å². The third kappa shape index (κ3) is 2.38. The average Bonchev–Trinajstić information content (AvgIpc) is 1.86. The minimum absolute atomic E-state index is 0.259. The molecule has 0 bridgehead atoms. The maximum Gasteiger partial charge on any atom is 0.335 e. The van der Waals surface area contributed by atoms with Crippen molar-refractivity contribution in [3.05, 3.63) is 0 Å². The highest BCUT2D eigenvalue weighted by Gasteiger charge is 2.23. The SMILES string of the molecule is NN1CCN(S(=O)(=O)O)CC1. The van der Waals surface area contributed by atoms with Crippen molar-refractivity contribution in [2.45, 2.75) is 0 Å². The summed E-state index contributed by atoms with van der Waals surface area (Å²) in [6.07, 6.45) is 0. The van der Waals surface area contributed by atoms with Gasteiger partial charge in [0, 0.05) is 26.2 Å². The summed E-state index contributed by atoms with van der Waals surface area (Å²) in [6, 6.07) is 0. The molecule has 1 aliphatic rings. The summed E-state index contributed by atoms with van der Waals surface area (Å²) < 4.78 is 30.6. The van der Waals surface area contributed by atoms with Crippen molar-refractivity contribution in [1.29, 1.82) is 0 Å². The van der Waals surface area contributed by atoms with Gasteiger partial charge in [-0.3, -0.25) is 10.4 Å². The number of piperazine rings is 1. The predicted molar refractivity (Wildman–Crippen MR) is 38.9 cm³/mol. The summed E-state index contributed by atoms with van der Waals surface area (Å²) in [5.74, 6) is 5.37. The lowest BCUT2D eigenvalue weighted by Gasteiger charge is -2.28. The van der Waals surface area contributed by atoms with Crippen LogP contribution in [0.1, 0.15) is 0 Å². The second-order valence-corrected chi connectivity index (χ2v) is 3.82. The molecular formula is C4H11N3O3S. The van der Waals surface area contributed by atoms with E-state index in [4.69, 9.17) is 10.4 Å². The van der Waals surface area contributed by atoms with E-state index in [-0.39, 0.29) is 13.1 Å². The molecule has 1 fully saturated rings. The predicted octanol–water partition coefficient (Wildman–Crippen LogP) is -1.72. The highest BCUT2D eigenvalue weighted by atomic mass is 32.2. The Morgan fingerprint density at radius 1 is 1.18 bits per heavy atom. The fraction of sp³-hybridized carbons (Fsp3) is 1.00. The Hall–Kier alpha value is -0.210. The Morgan fingerprint density at radius 3 is 2.00 bits per heavy atom. The molecule has 0 spiro atoms. The molecule has 1 aliphatic heterocycles. The number of hydrazine groups is 1. The summed E-state index contributed by atoms with van der Waals surface area (Å²) in [6.45, 7) is 1.43. The molecular weight excluding hydrogens is 170 g/mol. The van der Waals surface area contributed by atoms with Crippen molar-refractivity contribution in [1.82, 2.24) is 9.31 Å². The summed E-state index contributed by atoms with van der Waals surface area (Å²) in [4.78, 5) is 0. The molecule has 0 aliphatic carbocycles. The number of hydrogen-bond donors (Lipinski definition) is 2. The van der Waals surface area contributed by atoms with Crippen LogP contribution in [-0.2, 0) is 10.3 Å². The third-order valence-electron chi connectivity index (χ3n) is 1.60. The summed E-state index contributed by atoms with van der Waals surface area (Å²) >= 11 is 0. The number of rotatable bonds is 1. The van der Waals surface area contributed by atoms with Crippen molar-refractivity contribution in [2.75, 3.05) is 26.2 Å². The van der Waals surface area contributed by atoms with Gasteiger partial charge in [-0.25, -0.2) is 5.01 Å². The van der Waals surface area contributed by atoms with Crippen LogP contribution in [0, 0.1) is 0 Å². The van der Waals surface area contributed by atoms with Crippen LogP contribution in [-0.4, -0.2) is 48.5 Å². The van der Waals surface area contributed by atoms with Gasteiger partial charge in [-0.15, -0.1) is 0 Å². The molecule has 1 saturated heterocycles. The zero-order chi connectivity index (χ0) is 8.48. The average molecular weight is 181 g/mol. The Labute approximate surface area is 65.4 Å². The highest BCUT2D eigenvalue weighted by Crippen LogP contribution is 2.01. The van der Waals surface area contributed by atoms with E-state index in [0.29, 0.717) is 13.1 Å². The highest BCUT2D eigenvalue weighted by molar-refractivity contribution is 7.83. The van der Waals surface area contributed by atoms with Crippen LogP contribution >= 0.6 is 0 Å². The second kappa shape index (κ2) is 3.03. The van der Waals surface area contributed by atoms with Crippen LogP contribution in [0.25, 0.3) is 0 Å². The van der Waals surface area contributed by atoms with Gasteiger partial charge in [0.15, 0.2) is 0 Å².